The van der Waals surface area contributed by atoms with Crippen LogP contribution in [-0.4, -0.2) is 12.1 Å². The molecule has 0 saturated heterocycles. The molecule has 0 fully saturated rings. The van der Waals surface area contributed by atoms with Crippen LogP contribution in [0.1, 0.15) is 11.1 Å². The van der Waals surface area contributed by atoms with E-state index in [9.17, 15) is 0 Å². The molecule has 0 amide bonds. The minimum absolute atomic E-state index is 0.656. The molecule has 0 radical (unpaired) electrons. The normalized spacial score (nSPS) is 10.2. The molecule has 0 bridgehead atoms. The Morgan fingerprint density at radius 3 is 2.65 bits per heavy atom. The molecule has 0 atom stereocenters. The minimum atomic E-state index is 0.656. The highest BCUT2D eigenvalue weighted by molar-refractivity contribution is 5.41. The summed E-state index contributed by atoms with van der Waals surface area (Å²) in [4.78, 5) is 3.98. The summed E-state index contributed by atoms with van der Waals surface area (Å²) in [6, 6.07) is 12.3. The van der Waals surface area contributed by atoms with E-state index in [-0.39, 0.29) is 0 Å². The fraction of sp³-hybridized carbons (Fsp3) is 0.214. The van der Waals surface area contributed by atoms with Crippen molar-refractivity contribution >= 4 is 5.69 Å². The van der Waals surface area contributed by atoms with Gasteiger partial charge in [0.15, 0.2) is 0 Å². The Bertz CT molecular complexity index is 457. The van der Waals surface area contributed by atoms with Gasteiger partial charge in [0.05, 0.1) is 6.61 Å². The molecule has 1 aromatic heterocycles. The number of hydrogen-bond donors (Lipinski definition) is 1. The maximum atomic E-state index is 5.12. The average Bonchev–Trinajstić information content (AvgIpc) is 2.39. The topological polar surface area (TPSA) is 34.1 Å². The molecule has 2 aromatic rings. The molecular formula is C14H16N2O. The zero-order valence-corrected chi connectivity index (χ0v) is 9.89. The van der Waals surface area contributed by atoms with Gasteiger partial charge in [0, 0.05) is 31.7 Å². The van der Waals surface area contributed by atoms with Crippen LogP contribution < -0.4 is 5.32 Å². The summed E-state index contributed by atoms with van der Waals surface area (Å²) in [5.74, 6) is 0. The van der Waals surface area contributed by atoms with Gasteiger partial charge in [-0.05, 0) is 23.3 Å². The number of pyridine rings is 1. The van der Waals surface area contributed by atoms with Crippen molar-refractivity contribution in [1.82, 2.24) is 4.98 Å². The van der Waals surface area contributed by atoms with Gasteiger partial charge in [0.1, 0.15) is 0 Å². The summed E-state index contributed by atoms with van der Waals surface area (Å²) in [7, 11) is 1.71. The molecule has 0 spiro atoms. The third-order valence-electron chi connectivity index (χ3n) is 2.48. The van der Waals surface area contributed by atoms with E-state index in [4.69, 9.17) is 4.74 Å². The monoisotopic (exact) mass is 228 g/mol. The number of nitrogens with zero attached hydrogens (tertiary/aromatic N) is 1. The molecule has 0 aliphatic heterocycles. The fourth-order valence-corrected chi connectivity index (χ4v) is 1.67. The zero-order chi connectivity index (χ0) is 11.9. The van der Waals surface area contributed by atoms with Gasteiger partial charge in [0.25, 0.3) is 0 Å². The van der Waals surface area contributed by atoms with E-state index in [1.165, 1.54) is 11.1 Å². The molecule has 2 rings (SSSR count). The summed E-state index contributed by atoms with van der Waals surface area (Å²) in [5.41, 5.74) is 3.52. The zero-order valence-electron chi connectivity index (χ0n) is 9.89. The van der Waals surface area contributed by atoms with Crippen LogP contribution in [0.4, 0.5) is 5.69 Å². The molecule has 3 heteroatoms. The third-order valence-corrected chi connectivity index (χ3v) is 2.48. The molecule has 0 aliphatic carbocycles. The lowest BCUT2D eigenvalue weighted by Gasteiger charge is -2.07. The van der Waals surface area contributed by atoms with E-state index in [2.05, 4.69) is 34.6 Å². The Balaban J connectivity index is 1.97. The van der Waals surface area contributed by atoms with Crippen molar-refractivity contribution in [3.63, 3.8) is 0 Å². The second-order valence-electron chi connectivity index (χ2n) is 3.84. The molecule has 17 heavy (non-hydrogen) atoms. The van der Waals surface area contributed by atoms with Gasteiger partial charge in [-0.2, -0.15) is 0 Å². The van der Waals surface area contributed by atoms with Gasteiger partial charge in [-0.1, -0.05) is 24.3 Å². The van der Waals surface area contributed by atoms with Crippen molar-refractivity contribution in [3.05, 3.63) is 59.9 Å². The van der Waals surface area contributed by atoms with E-state index >= 15 is 0 Å². The molecule has 1 heterocycles. The van der Waals surface area contributed by atoms with Gasteiger partial charge in [-0.25, -0.2) is 0 Å². The first-order valence-corrected chi connectivity index (χ1v) is 5.59. The SMILES string of the molecule is COCc1cccc(CNc2ccncc2)c1. The van der Waals surface area contributed by atoms with Crippen molar-refractivity contribution < 1.29 is 4.74 Å². The first-order chi connectivity index (χ1) is 8.38. The highest BCUT2D eigenvalue weighted by Crippen LogP contribution is 2.10. The molecule has 3 nitrogen and oxygen atoms in total. The summed E-state index contributed by atoms with van der Waals surface area (Å²) < 4.78 is 5.12. The van der Waals surface area contributed by atoms with Gasteiger partial charge >= 0.3 is 0 Å². The number of aromatic nitrogens is 1. The van der Waals surface area contributed by atoms with Crippen LogP contribution in [0, 0.1) is 0 Å². The van der Waals surface area contributed by atoms with E-state index < -0.39 is 0 Å². The van der Waals surface area contributed by atoms with Crippen molar-refractivity contribution in [3.8, 4) is 0 Å². The Labute approximate surface area is 101 Å². The Morgan fingerprint density at radius 1 is 1.12 bits per heavy atom. The average molecular weight is 228 g/mol. The standard InChI is InChI=1S/C14H16N2O/c1-17-11-13-4-2-3-12(9-13)10-16-14-5-7-15-8-6-14/h2-9H,10-11H2,1H3,(H,15,16). The maximum Gasteiger partial charge on any atom is 0.0713 e. The Kier molecular flexibility index (Phi) is 4.11. The molecule has 0 aliphatic rings. The van der Waals surface area contributed by atoms with E-state index in [1.807, 2.05) is 12.1 Å². The number of nitrogens with one attached hydrogen (secondary N) is 1. The molecular weight excluding hydrogens is 212 g/mol. The van der Waals surface area contributed by atoms with E-state index in [0.717, 1.165) is 12.2 Å². The number of ether oxygens (including phenoxy) is 1. The summed E-state index contributed by atoms with van der Waals surface area (Å²) in [5, 5.41) is 3.35. The molecule has 88 valence electrons. The first-order valence-electron chi connectivity index (χ1n) is 5.59. The second-order valence-corrected chi connectivity index (χ2v) is 3.84. The molecule has 1 aromatic carbocycles. The quantitative estimate of drug-likeness (QED) is 0.854. The van der Waals surface area contributed by atoms with Crippen molar-refractivity contribution in [2.24, 2.45) is 0 Å². The first kappa shape index (κ1) is 11.6. The van der Waals surface area contributed by atoms with Gasteiger partial charge < -0.3 is 10.1 Å². The minimum Gasteiger partial charge on any atom is -0.381 e. The van der Waals surface area contributed by atoms with Crippen LogP contribution >= 0.6 is 0 Å². The van der Waals surface area contributed by atoms with Crippen LogP contribution in [-0.2, 0) is 17.9 Å². The number of benzene rings is 1. The van der Waals surface area contributed by atoms with Crippen LogP contribution in [0.5, 0.6) is 0 Å². The summed E-state index contributed by atoms with van der Waals surface area (Å²) in [6.07, 6.45) is 3.56. The summed E-state index contributed by atoms with van der Waals surface area (Å²) in [6.45, 7) is 1.46. The van der Waals surface area contributed by atoms with Gasteiger partial charge in [0.2, 0.25) is 0 Å². The molecule has 1 N–H and O–H groups in total. The van der Waals surface area contributed by atoms with Gasteiger partial charge in [-0.15, -0.1) is 0 Å². The van der Waals surface area contributed by atoms with Crippen LogP contribution in [0.15, 0.2) is 48.8 Å². The largest absolute Gasteiger partial charge is 0.381 e. The number of rotatable bonds is 5. The second kappa shape index (κ2) is 6.01. The smallest absolute Gasteiger partial charge is 0.0713 e. The lowest BCUT2D eigenvalue weighted by atomic mass is 10.1. The van der Waals surface area contributed by atoms with Gasteiger partial charge in [-0.3, -0.25) is 4.98 Å². The van der Waals surface area contributed by atoms with Crippen molar-refractivity contribution in [1.29, 1.82) is 0 Å². The molecule has 0 unspecified atom stereocenters. The van der Waals surface area contributed by atoms with Crippen LogP contribution in [0.25, 0.3) is 0 Å². The van der Waals surface area contributed by atoms with Crippen molar-refractivity contribution in [2.45, 2.75) is 13.2 Å². The molecule has 0 saturated carbocycles. The number of methoxy groups -OCH3 is 1. The Morgan fingerprint density at radius 2 is 1.88 bits per heavy atom. The highest BCUT2D eigenvalue weighted by Gasteiger charge is 1.96. The number of anilines is 1. The maximum absolute atomic E-state index is 5.12. The third kappa shape index (κ3) is 3.57. The van der Waals surface area contributed by atoms with Crippen LogP contribution in [0.2, 0.25) is 0 Å². The lowest BCUT2D eigenvalue weighted by molar-refractivity contribution is 0.185. The predicted molar refractivity (Wildman–Crippen MR) is 68.7 cm³/mol. The highest BCUT2D eigenvalue weighted by atomic mass is 16.5. The fourth-order valence-electron chi connectivity index (χ4n) is 1.67. The van der Waals surface area contributed by atoms with E-state index in [0.29, 0.717) is 6.61 Å². The lowest BCUT2D eigenvalue weighted by Crippen LogP contribution is -2.00. The summed E-state index contributed by atoms with van der Waals surface area (Å²) >= 11 is 0. The van der Waals surface area contributed by atoms with E-state index in [1.54, 1.807) is 19.5 Å². The van der Waals surface area contributed by atoms with Crippen LogP contribution in [0.3, 0.4) is 0 Å². The predicted octanol–water partition coefficient (Wildman–Crippen LogP) is 2.84. The Hall–Kier alpha value is -1.87. The van der Waals surface area contributed by atoms with Crippen molar-refractivity contribution in [2.75, 3.05) is 12.4 Å². The number of hydrogen-bond acceptors (Lipinski definition) is 3.